The molecule has 1 aliphatic heterocycles. The second kappa shape index (κ2) is 7.70. The van der Waals surface area contributed by atoms with Crippen molar-refractivity contribution in [1.29, 1.82) is 0 Å². The molecule has 1 aliphatic rings. The third-order valence-electron chi connectivity index (χ3n) is 4.33. The van der Waals surface area contributed by atoms with Gasteiger partial charge in [0, 0.05) is 23.4 Å². The van der Waals surface area contributed by atoms with Crippen molar-refractivity contribution in [3.05, 3.63) is 16.8 Å². The molecule has 0 aromatic carbocycles. The number of carbonyl (C=O) groups is 2. The van der Waals surface area contributed by atoms with E-state index in [1.165, 1.54) is 23.0 Å². The summed E-state index contributed by atoms with van der Waals surface area (Å²) in [7, 11) is 0. The van der Waals surface area contributed by atoms with Gasteiger partial charge in [0.05, 0.1) is 5.75 Å². The summed E-state index contributed by atoms with van der Waals surface area (Å²) in [5, 5.41) is 1.78. The number of amides is 1. The molecule has 6 nitrogen and oxygen atoms in total. The SMILES string of the molecule is Cc1sc2ncnc(SCC(=O)O[C@@H](C)C(=O)N3CCCC3)c2c1C. The van der Waals surface area contributed by atoms with Crippen LogP contribution in [0.25, 0.3) is 10.2 Å². The van der Waals surface area contributed by atoms with Crippen molar-refractivity contribution in [2.75, 3.05) is 18.8 Å². The first-order chi connectivity index (χ1) is 12.0. The smallest absolute Gasteiger partial charge is 0.317 e. The maximum absolute atomic E-state index is 12.2. The van der Waals surface area contributed by atoms with Crippen molar-refractivity contribution in [3.63, 3.8) is 0 Å². The van der Waals surface area contributed by atoms with Crippen LogP contribution in [0.5, 0.6) is 0 Å². The monoisotopic (exact) mass is 379 g/mol. The van der Waals surface area contributed by atoms with Gasteiger partial charge in [0.15, 0.2) is 6.10 Å². The van der Waals surface area contributed by atoms with Gasteiger partial charge < -0.3 is 9.64 Å². The van der Waals surface area contributed by atoms with Crippen molar-refractivity contribution in [2.24, 2.45) is 0 Å². The summed E-state index contributed by atoms with van der Waals surface area (Å²) in [4.78, 5) is 36.8. The predicted molar refractivity (Wildman–Crippen MR) is 99.0 cm³/mol. The molecule has 0 radical (unpaired) electrons. The maximum atomic E-state index is 12.2. The highest BCUT2D eigenvalue weighted by atomic mass is 32.2. The highest BCUT2D eigenvalue weighted by molar-refractivity contribution is 8.00. The topological polar surface area (TPSA) is 72.4 Å². The average molecular weight is 380 g/mol. The zero-order valence-electron chi connectivity index (χ0n) is 14.6. The van der Waals surface area contributed by atoms with Crippen LogP contribution < -0.4 is 0 Å². The minimum absolute atomic E-state index is 0.107. The Labute approximate surface area is 155 Å². The Morgan fingerprint density at radius 2 is 2.04 bits per heavy atom. The number of hydrogen-bond donors (Lipinski definition) is 0. The predicted octanol–water partition coefficient (Wildman–Crippen LogP) is 2.95. The second-order valence-electron chi connectivity index (χ2n) is 6.10. The number of nitrogens with zero attached hydrogens (tertiary/aromatic N) is 3. The summed E-state index contributed by atoms with van der Waals surface area (Å²) in [5.41, 5.74) is 1.15. The number of likely N-dealkylation sites (tertiary alicyclic amines) is 1. The van der Waals surface area contributed by atoms with Crippen LogP contribution in [0.3, 0.4) is 0 Å². The molecule has 0 N–H and O–H groups in total. The Balaban J connectivity index is 1.60. The van der Waals surface area contributed by atoms with Gasteiger partial charge in [-0.25, -0.2) is 9.97 Å². The van der Waals surface area contributed by atoms with E-state index in [9.17, 15) is 9.59 Å². The summed E-state index contributed by atoms with van der Waals surface area (Å²) in [6.45, 7) is 7.24. The van der Waals surface area contributed by atoms with Crippen LogP contribution >= 0.6 is 23.1 Å². The molecule has 0 saturated carbocycles. The van der Waals surface area contributed by atoms with Gasteiger partial charge >= 0.3 is 5.97 Å². The van der Waals surface area contributed by atoms with Crippen molar-refractivity contribution in [3.8, 4) is 0 Å². The van der Waals surface area contributed by atoms with Crippen molar-refractivity contribution in [1.82, 2.24) is 14.9 Å². The Bertz CT molecular complexity index is 800. The van der Waals surface area contributed by atoms with Crippen LogP contribution in [0.4, 0.5) is 0 Å². The number of rotatable bonds is 5. The highest BCUT2D eigenvalue weighted by Crippen LogP contribution is 2.34. The van der Waals surface area contributed by atoms with Gasteiger partial charge in [-0.15, -0.1) is 11.3 Å². The first-order valence-electron chi connectivity index (χ1n) is 8.29. The Morgan fingerprint density at radius 3 is 2.76 bits per heavy atom. The molecule has 1 fully saturated rings. The van der Waals surface area contributed by atoms with Gasteiger partial charge in [-0.05, 0) is 39.2 Å². The molecule has 0 aliphatic carbocycles. The number of thioether (sulfide) groups is 1. The first-order valence-corrected chi connectivity index (χ1v) is 10.1. The lowest BCUT2D eigenvalue weighted by molar-refractivity contribution is -0.156. The molecular formula is C17H21N3O3S2. The molecule has 2 aromatic rings. The molecular weight excluding hydrogens is 358 g/mol. The van der Waals surface area contributed by atoms with Crippen molar-refractivity contribution >= 4 is 45.2 Å². The zero-order chi connectivity index (χ0) is 18.0. The molecule has 134 valence electrons. The number of hydrogen-bond acceptors (Lipinski definition) is 7. The summed E-state index contributed by atoms with van der Waals surface area (Å²) >= 11 is 2.95. The van der Waals surface area contributed by atoms with E-state index < -0.39 is 12.1 Å². The fourth-order valence-corrected chi connectivity index (χ4v) is 4.76. The Kier molecular flexibility index (Phi) is 5.58. The maximum Gasteiger partial charge on any atom is 0.317 e. The lowest BCUT2D eigenvalue weighted by atomic mass is 10.2. The van der Waals surface area contributed by atoms with Crippen LogP contribution in [-0.4, -0.2) is 51.7 Å². The number of fused-ring (bicyclic) bond motifs is 1. The molecule has 1 amide bonds. The summed E-state index contributed by atoms with van der Waals surface area (Å²) in [6, 6.07) is 0. The largest absolute Gasteiger partial charge is 0.452 e. The van der Waals surface area contributed by atoms with Gasteiger partial charge in [0.25, 0.3) is 5.91 Å². The zero-order valence-corrected chi connectivity index (χ0v) is 16.2. The van der Waals surface area contributed by atoms with E-state index in [1.54, 1.807) is 23.2 Å². The molecule has 0 unspecified atom stereocenters. The quantitative estimate of drug-likeness (QED) is 0.452. The van der Waals surface area contributed by atoms with Crippen LogP contribution in [0.1, 0.15) is 30.2 Å². The minimum atomic E-state index is -0.734. The van der Waals surface area contributed by atoms with Crippen molar-refractivity contribution in [2.45, 2.75) is 44.7 Å². The van der Waals surface area contributed by atoms with E-state index in [4.69, 9.17) is 4.74 Å². The first kappa shape index (κ1) is 18.1. The normalized spacial score (nSPS) is 15.6. The average Bonchev–Trinajstić information content (AvgIpc) is 3.21. The number of aryl methyl sites for hydroxylation is 2. The third-order valence-corrected chi connectivity index (χ3v) is 6.41. The molecule has 3 heterocycles. The van der Waals surface area contributed by atoms with E-state index in [1.807, 2.05) is 6.92 Å². The van der Waals surface area contributed by atoms with Crippen LogP contribution in [0.2, 0.25) is 0 Å². The van der Waals surface area contributed by atoms with E-state index in [2.05, 4.69) is 16.9 Å². The Morgan fingerprint density at radius 1 is 1.32 bits per heavy atom. The van der Waals surface area contributed by atoms with E-state index in [0.717, 1.165) is 46.7 Å². The van der Waals surface area contributed by atoms with E-state index >= 15 is 0 Å². The molecule has 8 heteroatoms. The third kappa shape index (κ3) is 3.95. The van der Waals surface area contributed by atoms with Gasteiger partial charge in [0.1, 0.15) is 16.2 Å². The fraction of sp³-hybridized carbons (Fsp3) is 0.529. The standard InChI is InChI=1S/C17H21N3O3S2/c1-10-12(3)25-16-14(10)15(18-9-19-16)24-8-13(21)23-11(2)17(22)20-6-4-5-7-20/h9,11H,4-8H2,1-3H3/t11-/m0/s1. The molecule has 1 saturated heterocycles. The van der Waals surface area contributed by atoms with Crippen LogP contribution in [0, 0.1) is 13.8 Å². The van der Waals surface area contributed by atoms with Gasteiger partial charge in [0.2, 0.25) is 0 Å². The number of aromatic nitrogens is 2. The van der Waals surface area contributed by atoms with Crippen LogP contribution in [0.15, 0.2) is 11.4 Å². The number of esters is 1. The summed E-state index contributed by atoms with van der Waals surface area (Å²) in [5.74, 6) is -0.385. The molecule has 3 rings (SSSR count). The number of thiophene rings is 1. The lowest BCUT2D eigenvalue weighted by Crippen LogP contribution is -2.38. The van der Waals surface area contributed by atoms with E-state index in [0.29, 0.717) is 0 Å². The molecule has 25 heavy (non-hydrogen) atoms. The summed E-state index contributed by atoms with van der Waals surface area (Å²) < 4.78 is 5.30. The van der Waals surface area contributed by atoms with Gasteiger partial charge in [-0.2, -0.15) is 0 Å². The second-order valence-corrected chi connectivity index (χ2v) is 8.26. The number of ether oxygens (including phenoxy) is 1. The Hall–Kier alpha value is -1.67. The van der Waals surface area contributed by atoms with Crippen molar-refractivity contribution < 1.29 is 14.3 Å². The molecule has 0 spiro atoms. The molecule has 1 atom stereocenters. The van der Waals surface area contributed by atoms with E-state index in [-0.39, 0.29) is 11.7 Å². The lowest BCUT2D eigenvalue weighted by Gasteiger charge is -2.20. The molecule has 2 aromatic heterocycles. The molecule has 0 bridgehead atoms. The van der Waals surface area contributed by atoms with Gasteiger partial charge in [-0.1, -0.05) is 11.8 Å². The van der Waals surface area contributed by atoms with Crippen LogP contribution in [-0.2, 0) is 14.3 Å². The minimum Gasteiger partial charge on any atom is -0.452 e. The van der Waals surface area contributed by atoms with Gasteiger partial charge in [-0.3, -0.25) is 9.59 Å². The highest BCUT2D eigenvalue weighted by Gasteiger charge is 2.26. The fourth-order valence-electron chi connectivity index (χ4n) is 2.86. The summed E-state index contributed by atoms with van der Waals surface area (Å²) in [6.07, 6.45) is 2.82. The number of carbonyl (C=O) groups excluding carboxylic acids is 2.